The lowest BCUT2D eigenvalue weighted by molar-refractivity contribution is 0.262. The minimum Gasteiger partial charge on any atom is -0.330 e. The smallest absolute Gasteiger partial charge is 0.282 e. The zero-order valence-electron chi connectivity index (χ0n) is 12.8. The van der Waals surface area contributed by atoms with E-state index in [-0.39, 0.29) is 0 Å². The molecule has 0 atom stereocenters. The van der Waals surface area contributed by atoms with E-state index < -0.39 is 10.2 Å². The lowest BCUT2D eigenvalue weighted by Crippen LogP contribution is -2.46. The van der Waals surface area contributed by atoms with Crippen LogP contribution in [-0.2, 0) is 16.8 Å². The van der Waals surface area contributed by atoms with Crippen molar-refractivity contribution in [1.82, 2.24) is 8.61 Å². The van der Waals surface area contributed by atoms with Gasteiger partial charge in [0.2, 0.25) is 0 Å². The highest BCUT2D eigenvalue weighted by atomic mass is 32.2. The molecular formula is C15H25N3O2S. The Hall–Kier alpha value is -0.950. The molecule has 1 aliphatic rings. The molecule has 6 heteroatoms. The van der Waals surface area contributed by atoms with Crippen LogP contribution in [0.2, 0.25) is 0 Å². The maximum Gasteiger partial charge on any atom is 0.282 e. The molecule has 1 fully saturated rings. The van der Waals surface area contributed by atoms with Gasteiger partial charge in [0.1, 0.15) is 0 Å². The number of piperidine rings is 1. The Morgan fingerprint density at radius 3 is 2.57 bits per heavy atom. The number of rotatable bonds is 5. The quantitative estimate of drug-likeness (QED) is 0.892. The van der Waals surface area contributed by atoms with E-state index in [1.165, 1.54) is 4.31 Å². The van der Waals surface area contributed by atoms with Crippen LogP contribution in [-0.4, -0.2) is 43.7 Å². The fourth-order valence-electron chi connectivity index (χ4n) is 2.72. The molecular weight excluding hydrogens is 286 g/mol. The first-order valence-corrected chi connectivity index (χ1v) is 8.80. The van der Waals surface area contributed by atoms with E-state index >= 15 is 0 Å². The highest BCUT2D eigenvalue weighted by Gasteiger charge is 2.30. The van der Waals surface area contributed by atoms with Gasteiger partial charge in [-0.25, -0.2) is 0 Å². The SMILES string of the molecule is Cc1cccc(CN(C)S(=O)(=O)N2CCC(CN)CC2)c1. The highest BCUT2D eigenvalue weighted by Crippen LogP contribution is 2.21. The van der Waals surface area contributed by atoms with Crippen LogP contribution >= 0.6 is 0 Å². The van der Waals surface area contributed by atoms with E-state index in [1.807, 2.05) is 31.2 Å². The molecule has 0 saturated carbocycles. The summed E-state index contributed by atoms with van der Waals surface area (Å²) in [5, 5.41) is 0. The topological polar surface area (TPSA) is 66.6 Å². The summed E-state index contributed by atoms with van der Waals surface area (Å²) >= 11 is 0. The average molecular weight is 311 g/mol. The van der Waals surface area contributed by atoms with Crippen LogP contribution in [0.1, 0.15) is 24.0 Å². The highest BCUT2D eigenvalue weighted by molar-refractivity contribution is 7.86. The molecule has 1 aromatic rings. The van der Waals surface area contributed by atoms with Gasteiger partial charge >= 0.3 is 0 Å². The Labute approximate surface area is 127 Å². The minimum absolute atomic E-state index is 0.404. The summed E-state index contributed by atoms with van der Waals surface area (Å²) in [5.41, 5.74) is 7.81. The minimum atomic E-state index is -3.38. The molecule has 0 amide bonds. The van der Waals surface area contributed by atoms with Gasteiger partial charge in [0.25, 0.3) is 10.2 Å². The van der Waals surface area contributed by atoms with Crippen LogP contribution in [0.25, 0.3) is 0 Å². The van der Waals surface area contributed by atoms with Crippen LogP contribution in [0, 0.1) is 12.8 Å². The van der Waals surface area contributed by atoms with E-state index in [4.69, 9.17) is 5.73 Å². The van der Waals surface area contributed by atoms with E-state index in [0.717, 1.165) is 24.0 Å². The van der Waals surface area contributed by atoms with Crippen LogP contribution in [0.5, 0.6) is 0 Å². The second-order valence-corrected chi connectivity index (χ2v) is 7.87. The van der Waals surface area contributed by atoms with Gasteiger partial charge < -0.3 is 5.73 Å². The maximum absolute atomic E-state index is 12.6. The van der Waals surface area contributed by atoms with Crippen molar-refractivity contribution in [1.29, 1.82) is 0 Å². The van der Waals surface area contributed by atoms with Gasteiger partial charge in [0.15, 0.2) is 0 Å². The molecule has 0 aliphatic carbocycles. The zero-order valence-corrected chi connectivity index (χ0v) is 13.6. The number of hydrogen-bond donors (Lipinski definition) is 1. The second kappa shape index (κ2) is 6.87. The molecule has 118 valence electrons. The molecule has 1 heterocycles. The molecule has 0 aromatic heterocycles. The van der Waals surface area contributed by atoms with E-state index in [2.05, 4.69) is 0 Å². The Kier molecular flexibility index (Phi) is 5.37. The number of aryl methyl sites for hydroxylation is 1. The average Bonchev–Trinajstić information content (AvgIpc) is 2.47. The molecule has 1 aliphatic heterocycles. The fourth-order valence-corrected chi connectivity index (χ4v) is 4.10. The molecule has 0 radical (unpaired) electrons. The van der Waals surface area contributed by atoms with Crippen LogP contribution in [0.15, 0.2) is 24.3 Å². The summed E-state index contributed by atoms with van der Waals surface area (Å²) in [5.74, 6) is 0.457. The summed E-state index contributed by atoms with van der Waals surface area (Å²) in [6.45, 7) is 4.20. The first kappa shape index (κ1) is 16.4. The lowest BCUT2D eigenvalue weighted by atomic mass is 9.99. The third kappa shape index (κ3) is 4.03. The van der Waals surface area contributed by atoms with Gasteiger partial charge in [-0.15, -0.1) is 0 Å². The Bertz CT molecular complexity index is 566. The summed E-state index contributed by atoms with van der Waals surface area (Å²) in [6, 6.07) is 7.94. The van der Waals surface area contributed by atoms with Gasteiger partial charge in [-0.2, -0.15) is 17.0 Å². The molecule has 21 heavy (non-hydrogen) atoms. The number of hydrogen-bond acceptors (Lipinski definition) is 3. The molecule has 0 spiro atoms. The van der Waals surface area contributed by atoms with Crippen molar-refractivity contribution in [2.75, 3.05) is 26.7 Å². The molecule has 1 saturated heterocycles. The van der Waals surface area contributed by atoms with Crippen molar-refractivity contribution >= 4 is 10.2 Å². The third-order valence-electron chi connectivity index (χ3n) is 4.11. The van der Waals surface area contributed by atoms with Crippen LogP contribution in [0.4, 0.5) is 0 Å². The van der Waals surface area contributed by atoms with Crippen molar-refractivity contribution < 1.29 is 8.42 Å². The van der Waals surface area contributed by atoms with E-state index in [9.17, 15) is 8.42 Å². The number of nitrogens with zero attached hydrogens (tertiary/aromatic N) is 2. The van der Waals surface area contributed by atoms with Crippen molar-refractivity contribution in [3.63, 3.8) is 0 Å². The van der Waals surface area contributed by atoms with Crippen molar-refractivity contribution in [2.45, 2.75) is 26.3 Å². The second-order valence-electron chi connectivity index (χ2n) is 5.83. The molecule has 0 unspecified atom stereocenters. The summed E-state index contributed by atoms with van der Waals surface area (Å²) in [6.07, 6.45) is 1.71. The molecule has 5 nitrogen and oxygen atoms in total. The summed E-state index contributed by atoms with van der Waals surface area (Å²) in [7, 11) is -1.73. The van der Waals surface area contributed by atoms with Crippen LogP contribution < -0.4 is 5.73 Å². The van der Waals surface area contributed by atoms with E-state index in [1.54, 1.807) is 11.4 Å². The van der Waals surface area contributed by atoms with Gasteiger partial charge in [-0.05, 0) is 37.8 Å². The van der Waals surface area contributed by atoms with Crippen molar-refractivity contribution in [3.8, 4) is 0 Å². The van der Waals surface area contributed by atoms with Crippen LogP contribution in [0.3, 0.4) is 0 Å². The zero-order chi connectivity index (χ0) is 15.5. The monoisotopic (exact) mass is 311 g/mol. The first-order chi connectivity index (χ1) is 9.93. The predicted molar refractivity (Wildman–Crippen MR) is 84.9 cm³/mol. The molecule has 0 bridgehead atoms. The Morgan fingerprint density at radius 1 is 1.33 bits per heavy atom. The van der Waals surface area contributed by atoms with Gasteiger partial charge in [-0.1, -0.05) is 29.8 Å². The Morgan fingerprint density at radius 2 is 2.00 bits per heavy atom. The summed E-state index contributed by atoms with van der Waals surface area (Å²) in [4.78, 5) is 0. The Balaban J connectivity index is 2.02. The standard InChI is InChI=1S/C15H25N3O2S/c1-13-4-3-5-15(10-13)12-17(2)21(19,20)18-8-6-14(11-16)7-9-18/h3-5,10,14H,6-9,11-12,16H2,1-2H3. The summed E-state index contributed by atoms with van der Waals surface area (Å²) < 4.78 is 28.2. The van der Waals surface area contributed by atoms with Crippen molar-refractivity contribution in [3.05, 3.63) is 35.4 Å². The molecule has 1 aromatic carbocycles. The molecule has 2 N–H and O–H groups in total. The van der Waals surface area contributed by atoms with E-state index in [0.29, 0.717) is 32.1 Å². The largest absolute Gasteiger partial charge is 0.330 e. The maximum atomic E-state index is 12.6. The van der Waals surface area contributed by atoms with Gasteiger partial charge in [0.05, 0.1) is 0 Å². The van der Waals surface area contributed by atoms with Crippen molar-refractivity contribution in [2.24, 2.45) is 11.7 Å². The lowest BCUT2D eigenvalue weighted by Gasteiger charge is -2.33. The normalized spacial score (nSPS) is 18.3. The van der Waals surface area contributed by atoms with Gasteiger partial charge in [0, 0.05) is 26.7 Å². The fraction of sp³-hybridized carbons (Fsp3) is 0.600. The third-order valence-corrected chi connectivity index (χ3v) is 6.05. The van der Waals surface area contributed by atoms with Gasteiger partial charge in [-0.3, -0.25) is 0 Å². The number of benzene rings is 1. The first-order valence-electron chi connectivity index (χ1n) is 7.40. The molecule has 2 rings (SSSR count). The number of nitrogens with two attached hydrogens (primary N) is 1. The predicted octanol–water partition coefficient (Wildman–Crippen LogP) is 1.34.